The summed E-state index contributed by atoms with van der Waals surface area (Å²) in [5, 5.41) is 7.34. The number of ether oxygens (including phenoxy) is 1. The van der Waals surface area contributed by atoms with Crippen LogP contribution in [0.4, 0.5) is 5.69 Å². The summed E-state index contributed by atoms with van der Waals surface area (Å²) in [6.45, 7) is 1.86. The monoisotopic (exact) mass is 443 g/mol. The highest BCUT2D eigenvalue weighted by Gasteiger charge is 2.13. The highest BCUT2D eigenvalue weighted by Crippen LogP contribution is 2.14. The minimum atomic E-state index is -0.416. The highest BCUT2D eigenvalue weighted by atomic mass is 16.5. The van der Waals surface area contributed by atoms with Crippen molar-refractivity contribution in [1.82, 2.24) is 19.3 Å². The Morgan fingerprint density at radius 3 is 2.58 bits per heavy atom. The van der Waals surface area contributed by atoms with Crippen LogP contribution in [0.25, 0.3) is 22.8 Å². The molecule has 2 aromatic carbocycles. The van der Waals surface area contributed by atoms with Gasteiger partial charge in [-0.15, -0.1) is 0 Å². The fraction of sp³-hybridized carbons (Fsp3) is 0.125. The summed E-state index contributed by atoms with van der Waals surface area (Å²) in [6.07, 6.45) is 5.76. The zero-order valence-electron chi connectivity index (χ0n) is 17.8. The smallest absolute Gasteiger partial charge is 0.330 e. The van der Waals surface area contributed by atoms with Crippen molar-refractivity contribution >= 4 is 34.7 Å². The number of fused-ring (bicyclic) bond motifs is 1. The second kappa shape index (κ2) is 9.73. The van der Waals surface area contributed by atoms with Crippen LogP contribution in [0, 0.1) is 0 Å². The van der Waals surface area contributed by atoms with E-state index in [1.807, 2.05) is 30.3 Å². The van der Waals surface area contributed by atoms with Gasteiger partial charge < -0.3 is 10.1 Å². The fourth-order valence-electron chi connectivity index (χ4n) is 3.21. The predicted octanol–water partition coefficient (Wildman–Crippen LogP) is 2.80. The number of esters is 1. The van der Waals surface area contributed by atoms with Crippen molar-refractivity contribution in [2.24, 2.45) is 0 Å². The first-order valence-corrected chi connectivity index (χ1v) is 10.3. The molecule has 0 saturated carbocycles. The number of hydrogen-bond acceptors (Lipinski definition) is 6. The molecule has 166 valence electrons. The minimum Gasteiger partial charge on any atom is -0.463 e. The van der Waals surface area contributed by atoms with E-state index in [4.69, 9.17) is 4.74 Å². The van der Waals surface area contributed by atoms with Crippen molar-refractivity contribution in [2.45, 2.75) is 13.5 Å². The SMILES string of the molecule is CCOC(=O)/C=C/c1ccc(NC(=O)Cn2cnc3c(cnn3-c3ccccc3)c2=O)cc1. The van der Waals surface area contributed by atoms with Crippen LogP contribution in [0.3, 0.4) is 0 Å². The Bertz CT molecular complexity index is 1370. The molecule has 0 radical (unpaired) electrons. The molecule has 0 unspecified atom stereocenters. The average Bonchev–Trinajstić information content (AvgIpc) is 3.26. The number of carbonyl (C=O) groups excluding carboxylic acids is 2. The Labute approximate surface area is 188 Å². The molecule has 0 aliphatic heterocycles. The second-order valence-electron chi connectivity index (χ2n) is 7.06. The number of aromatic nitrogens is 4. The third kappa shape index (κ3) is 5.04. The van der Waals surface area contributed by atoms with Gasteiger partial charge in [-0.1, -0.05) is 30.3 Å². The molecule has 0 spiro atoms. The third-order valence-corrected chi connectivity index (χ3v) is 4.76. The lowest BCUT2D eigenvalue weighted by atomic mass is 10.2. The molecule has 0 atom stereocenters. The first-order valence-electron chi connectivity index (χ1n) is 10.3. The van der Waals surface area contributed by atoms with E-state index in [9.17, 15) is 14.4 Å². The van der Waals surface area contributed by atoms with E-state index in [2.05, 4.69) is 15.4 Å². The van der Waals surface area contributed by atoms with Crippen molar-refractivity contribution in [3.8, 4) is 5.69 Å². The van der Waals surface area contributed by atoms with Crippen LogP contribution in [-0.4, -0.2) is 37.8 Å². The van der Waals surface area contributed by atoms with Gasteiger partial charge in [0.1, 0.15) is 18.3 Å². The Morgan fingerprint density at radius 1 is 1.09 bits per heavy atom. The maximum atomic E-state index is 12.8. The van der Waals surface area contributed by atoms with Gasteiger partial charge >= 0.3 is 5.97 Å². The van der Waals surface area contributed by atoms with Crippen molar-refractivity contribution in [1.29, 1.82) is 0 Å². The Hall–Kier alpha value is -4.53. The molecule has 1 N–H and O–H groups in total. The van der Waals surface area contributed by atoms with Crippen LogP contribution >= 0.6 is 0 Å². The number of nitrogens with one attached hydrogen (secondary N) is 1. The molecule has 0 saturated heterocycles. The number of carbonyl (C=O) groups is 2. The molecule has 2 aromatic heterocycles. The van der Waals surface area contributed by atoms with Gasteiger partial charge in [0.2, 0.25) is 5.91 Å². The van der Waals surface area contributed by atoms with Crippen molar-refractivity contribution in [3.05, 3.63) is 89.1 Å². The first-order chi connectivity index (χ1) is 16.0. The van der Waals surface area contributed by atoms with Gasteiger partial charge in [0.25, 0.3) is 5.56 Å². The molecule has 9 nitrogen and oxygen atoms in total. The summed E-state index contributed by atoms with van der Waals surface area (Å²) in [7, 11) is 0. The molecule has 4 rings (SSSR count). The van der Waals surface area contributed by atoms with Crippen LogP contribution < -0.4 is 10.9 Å². The summed E-state index contributed by atoms with van der Waals surface area (Å²) in [5.41, 5.74) is 2.20. The van der Waals surface area contributed by atoms with E-state index < -0.39 is 5.97 Å². The summed E-state index contributed by atoms with van der Waals surface area (Å²) in [4.78, 5) is 41.0. The molecule has 4 aromatic rings. The zero-order valence-corrected chi connectivity index (χ0v) is 17.8. The molecule has 0 aliphatic carbocycles. The number of amides is 1. The maximum Gasteiger partial charge on any atom is 0.330 e. The third-order valence-electron chi connectivity index (χ3n) is 4.76. The standard InChI is InChI=1S/C24H21N5O4/c1-2-33-22(31)13-10-17-8-11-18(12-9-17)27-21(30)15-28-16-25-23-20(24(28)32)14-26-29(23)19-6-4-3-5-7-19/h3-14,16H,2,15H2,1H3,(H,27,30)/b13-10+. The number of anilines is 1. The van der Waals surface area contributed by atoms with Crippen LogP contribution in [0.1, 0.15) is 12.5 Å². The highest BCUT2D eigenvalue weighted by molar-refractivity contribution is 5.91. The first kappa shape index (κ1) is 21.7. The number of hydrogen-bond donors (Lipinski definition) is 1. The van der Waals surface area contributed by atoms with E-state index in [0.29, 0.717) is 23.3 Å². The summed E-state index contributed by atoms with van der Waals surface area (Å²) >= 11 is 0. The molecule has 0 aliphatic rings. The van der Waals surface area contributed by atoms with Gasteiger partial charge in [-0.05, 0) is 42.8 Å². The minimum absolute atomic E-state index is 0.192. The molecule has 9 heteroatoms. The fourth-order valence-corrected chi connectivity index (χ4v) is 3.21. The van der Waals surface area contributed by atoms with Gasteiger partial charge in [-0.3, -0.25) is 14.2 Å². The maximum absolute atomic E-state index is 12.8. The van der Waals surface area contributed by atoms with Gasteiger partial charge in [0.05, 0.1) is 18.5 Å². The predicted molar refractivity (Wildman–Crippen MR) is 124 cm³/mol. The normalized spacial score (nSPS) is 11.1. The number of rotatable bonds is 7. The van der Waals surface area contributed by atoms with E-state index >= 15 is 0 Å². The zero-order chi connectivity index (χ0) is 23.2. The molecular formula is C24H21N5O4. The lowest BCUT2D eigenvalue weighted by molar-refractivity contribution is -0.137. The lowest BCUT2D eigenvalue weighted by Gasteiger charge is -2.08. The summed E-state index contributed by atoms with van der Waals surface area (Å²) in [6, 6.07) is 16.3. The number of para-hydroxylation sites is 1. The van der Waals surface area contributed by atoms with E-state index in [0.717, 1.165) is 11.3 Å². The quantitative estimate of drug-likeness (QED) is 0.348. The van der Waals surface area contributed by atoms with Crippen LogP contribution in [0.5, 0.6) is 0 Å². The number of benzene rings is 2. The summed E-state index contributed by atoms with van der Waals surface area (Å²) < 4.78 is 7.66. The van der Waals surface area contributed by atoms with Crippen molar-refractivity contribution in [3.63, 3.8) is 0 Å². The summed E-state index contributed by atoms with van der Waals surface area (Å²) in [5.74, 6) is -0.788. The van der Waals surface area contributed by atoms with Crippen molar-refractivity contribution < 1.29 is 14.3 Å². The van der Waals surface area contributed by atoms with E-state index in [1.54, 1.807) is 41.9 Å². The van der Waals surface area contributed by atoms with Gasteiger partial charge in [-0.2, -0.15) is 5.10 Å². The topological polar surface area (TPSA) is 108 Å². The van der Waals surface area contributed by atoms with Gasteiger partial charge in [-0.25, -0.2) is 14.5 Å². The van der Waals surface area contributed by atoms with E-state index in [-0.39, 0.29) is 18.0 Å². The Morgan fingerprint density at radius 2 is 1.85 bits per heavy atom. The Balaban J connectivity index is 1.44. The largest absolute Gasteiger partial charge is 0.463 e. The van der Waals surface area contributed by atoms with Gasteiger partial charge in [0.15, 0.2) is 5.65 Å². The van der Waals surface area contributed by atoms with Crippen LogP contribution in [0.2, 0.25) is 0 Å². The van der Waals surface area contributed by atoms with Gasteiger partial charge in [0, 0.05) is 11.8 Å². The molecule has 33 heavy (non-hydrogen) atoms. The molecular weight excluding hydrogens is 422 g/mol. The number of nitrogens with zero attached hydrogens (tertiary/aromatic N) is 4. The second-order valence-corrected chi connectivity index (χ2v) is 7.06. The lowest BCUT2D eigenvalue weighted by Crippen LogP contribution is -2.27. The van der Waals surface area contributed by atoms with Crippen molar-refractivity contribution in [2.75, 3.05) is 11.9 Å². The van der Waals surface area contributed by atoms with E-state index in [1.165, 1.54) is 23.2 Å². The molecule has 2 heterocycles. The van der Waals surface area contributed by atoms with Crippen LogP contribution in [0.15, 0.2) is 78.0 Å². The molecule has 0 bridgehead atoms. The molecule has 0 fully saturated rings. The van der Waals surface area contributed by atoms with Crippen LogP contribution in [-0.2, 0) is 20.9 Å². The Kier molecular flexibility index (Phi) is 6.40. The molecule has 1 amide bonds. The average molecular weight is 443 g/mol.